The molecule has 3 N–H and O–H groups in total. The zero-order valence-corrected chi connectivity index (χ0v) is 12.1. The largest absolute Gasteiger partial charge is 0.326 e. The fraction of sp³-hybridized carbons (Fsp3) is 0.333. The van der Waals surface area contributed by atoms with E-state index in [0.717, 1.165) is 30.5 Å². The summed E-state index contributed by atoms with van der Waals surface area (Å²) in [7, 11) is 0. The van der Waals surface area contributed by atoms with Crippen molar-refractivity contribution < 1.29 is 4.39 Å². The summed E-state index contributed by atoms with van der Waals surface area (Å²) in [4.78, 5) is 0. The third-order valence-corrected chi connectivity index (χ3v) is 4.24. The molecule has 1 aliphatic rings. The molecule has 3 heteroatoms. The van der Waals surface area contributed by atoms with Crippen molar-refractivity contribution in [2.45, 2.75) is 31.3 Å². The van der Waals surface area contributed by atoms with Crippen molar-refractivity contribution in [3.05, 3.63) is 59.9 Å². The number of hydrogen-bond acceptors (Lipinski definition) is 2. The molecule has 2 nitrogen and oxygen atoms in total. The highest BCUT2D eigenvalue weighted by Crippen LogP contribution is 2.26. The van der Waals surface area contributed by atoms with Gasteiger partial charge in [0, 0.05) is 17.6 Å². The van der Waals surface area contributed by atoms with Crippen LogP contribution in [0.15, 0.2) is 48.5 Å². The van der Waals surface area contributed by atoms with E-state index in [-0.39, 0.29) is 17.9 Å². The highest BCUT2D eigenvalue weighted by Gasteiger charge is 2.23. The van der Waals surface area contributed by atoms with Crippen LogP contribution in [0.1, 0.15) is 18.4 Å². The lowest BCUT2D eigenvalue weighted by Gasteiger charge is -2.30. The van der Waals surface area contributed by atoms with Crippen molar-refractivity contribution in [1.82, 2.24) is 5.32 Å². The number of rotatable bonds is 3. The number of nitrogens with two attached hydrogens (primary N) is 1. The minimum atomic E-state index is -0.122. The van der Waals surface area contributed by atoms with Gasteiger partial charge in [0.25, 0.3) is 0 Å². The van der Waals surface area contributed by atoms with E-state index in [1.165, 1.54) is 0 Å². The summed E-state index contributed by atoms with van der Waals surface area (Å²) < 4.78 is 14.8. The average Bonchev–Trinajstić information content (AvgIpc) is 2.52. The zero-order chi connectivity index (χ0) is 14.7. The Morgan fingerprint density at radius 3 is 2.67 bits per heavy atom. The summed E-state index contributed by atoms with van der Waals surface area (Å²) in [6, 6.07) is 15.6. The molecular weight excluding hydrogens is 263 g/mol. The fourth-order valence-electron chi connectivity index (χ4n) is 3.02. The Balaban J connectivity index is 1.87. The van der Waals surface area contributed by atoms with Crippen LogP contribution in [-0.2, 0) is 6.42 Å². The smallest absolute Gasteiger partial charge is 0.134 e. The van der Waals surface area contributed by atoms with Crippen LogP contribution in [0.5, 0.6) is 0 Å². The second-order valence-electron chi connectivity index (χ2n) is 5.72. The van der Waals surface area contributed by atoms with Crippen LogP contribution in [-0.4, -0.2) is 18.6 Å². The second kappa shape index (κ2) is 6.37. The van der Waals surface area contributed by atoms with Crippen LogP contribution < -0.4 is 11.1 Å². The summed E-state index contributed by atoms with van der Waals surface area (Å²) in [6.07, 6.45) is 2.76. The van der Waals surface area contributed by atoms with Crippen LogP contribution in [0.25, 0.3) is 11.1 Å². The van der Waals surface area contributed by atoms with Gasteiger partial charge in [-0.25, -0.2) is 4.39 Å². The highest BCUT2D eigenvalue weighted by atomic mass is 19.1. The highest BCUT2D eigenvalue weighted by molar-refractivity contribution is 5.64. The predicted octanol–water partition coefficient (Wildman–Crippen LogP) is 3.11. The molecule has 0 bridgehead atoms. The van der Waals surface area contributed by atoms with E-state index in [2.05, 4.69) is 5.32 Å². The van der Waals surface area contributed by atoms with Gasteiger partial charge in [0.1, 0.15) is 5.82 Å². The Bertz CT molecular complexity index is 597. The summed E-state index contributed by atoms with van der Waals surface area (Å²) >= 11 is 0. The topological polar surface area (TPSA) is 38.0 Å². The third-order valence-electron chi connectivity index (χ3n) is 4.24. The van der Waals surface area contributed by atoms with Crippen molar-refractivity contribution in [2.75, 3.05) is 6.54 Å². The Morgan fingerprint density at radius 1 is 1.10 bits per heavy atom. The van der Waals surface area contributed by atoms with Crippen molar-refractivity contribution in [1.29, 1.82) is 0 Å². The summed E-state index contributed by atoms with van der Waals surface area (Å²) in [5, 5.41) is 3.41. The van der Waals surface area contributed by atoms with Gasteiger partial charge in [0.2, 0.25) is 0 Å². The van der Waals surface area contributed by atoms with Gasteiger partial charge in [-0.05, 0) is 36.9 Å². The normalized spacial score (nSPS) is 22.2. The molecule has 0 radical (unpaired) electrons. The molecule has 2 aromatic carbocycles. The molecule has 0 aliphatic carbocycles. The van der Waals surface area contributed by atoms with E-state index >= 15 is 0 Å². The summed E-state index contributed by atoms with van der Waals surface area (Å²) in [5.41, 5.74) is 8.46. The van der Waals surface area contributed by atoms with Gasteiger partial charge in [-0.2, -0.15) is 0 Å². The molecule has 1 aliphatic heterocycles. The molecule has 0 saturated carbocycles. The number of nitrogens with one attached hydrogen (secondary N) is 1. The minimum Gasteiger partial charge on any atom is -0.326 e. The van der Waals surface area contributed by atoms with Gasteiger partial charge in [0.05, 0.1) is 0 Å². The maximum Gasteiger partial charge on any atom is 0.134 e. The lowest BCUT2D eigenvalue weighted by atomic mass is 9.92. The summed E-state index contributed by atoms with van der Waals surface area (Å²) in [5.74, 6) is -0.122. The Hall–Kier alpha value is -1.71. The maximum absolute atomic E-state index is 14.8. The fourth-order valence-corrected chi connectivity index (χ4v) is 3.02. The van der Waals surface area contributed by atoms with Crippen LogP contribution in [0.4, 0.5) is 4.39 Å². The van der Waals surface area contributed by atoms with Crippen molar-refractivity contribution in [2.24, 2.45) is 5.73 Å². The van der Waals surface area contributed by atoms with Crippen LogP contribution in [0, 0.1) is 5.82 Å². The van der Waals surface area contributed by atoms with Gasteiger partial charge in [-0.1, -0.05) is 48.5 Å². The monoisotopic (exact) mass is 284 g/mol. The molecule has 1 heterocycles. The molecule has 110 valence electrons. The van der Waals surface area contributed by atoms with E-state index in [1.807, 2.05) is 48.5 Å². The van der Waals surface area contributed by atoms with E-state index < -0.39 is 0 Å². The molecular formula is C18H21FN2. The summed E-state index contributed by atoms with van der Waals surface area (Å²) in [6.45, 7) is 0.971. The average molecular weight is 284 g/mol. The SMILES string of the molecule is NC1CCCNC1Cc1cccc(-c2ccccc2)c1F. The minimum absolute atomic E-state index is 0.110. The number of piperidine rings is 1. The van der Waals surface area contributed by atoms with Crippen LogP contribution >= 0.6 is 0 Å². The first-order valence-electron chi connectivity index (χ1n) is 7.57. The number of halogens is 1. The maximum atomic E-state index is 14.8. The second-order valence-corrected chi connectivity index (χ2v) is 5.72. The van der Waals surface area contributed by atoms with Gasteiger partial charge < -0.3 is 11.1 Å². The quantitative estimate of drug-likeness (QED) is 0.909. The lowest BCUT2D eigenvalue weighted by molar-refractivity contribution is 0.346. The Kier molecular flexibility index (Phi) is 4.32. The third kappa shape index (κ3) is 3.14. The molecule has 1 fully saturated rings. The first-order valence-corrected chi connectivity index (χ1v) is 7.57. The standard InChI is InChI=1S/C18H21FN2/c19-18-14(12-17-16(20)10-5-11-21-17)8-4-9-15(18)13-6-2-1-3-7-13/h1-4,6-9,16-17,21H,5,10-12,20H2. The van der Waals surface area contributed by atoms with Crippen LogP contribution in [0.2, 0.25) is 0 Å². The molecule has 1 saturated heterocycles. The van der Waals surface area contributed by atoms with Gasteiger partial charge in [-0.15, -0.1) is 0 Å². The molecule has 0 amide bonds. The predicted molar refractivity (Wildman–Crippen MR) is 84.5 cm³/mol. The zero-order valence-electron chi connectivity index (χ0n) is 12.1. The molecule has 0 spiro atoms. The van der Waals surface area contributed by atoms with E-state index in [0.29, 0.717) is 12.0 Å². The Labute approximate surface area is 125 Å². The first kappa shape index (κ1) is 14.2. The lowest BCUT2D eigenvalue weighted by Crippen LogP contribution is -2.50. The number of benzene rings is 2. The van der Waals surface area contributed by atoms with Crippen LogP contribution in [0.3, 0.4) is 0 Å². The van der Waals surface area contributed by atoms with Crippen molar-refractivity contribution >= 4 is 0 Å². The first-order chi connectivity index (χ1) is 10.3. The molecule has 2 unspecified atom stereocenters. The molecule has 0 aromatic heterocycles. The molecule has 2 atom stereocenters. The van der Waals surface area contributed by atoms with Gasteiger partial charge in [-0.3, -0.25) is 0 Å². The Morgan fingerprint density at radius 2 is 1.90 bits per heavy atom. The van der Waals surface area contributed by atoms with E-state index in [1.54, 1.807) is 0 Å². The van der Waals surface area contributed by atoms with Crippen molar-refractivity contribution in [3.8, 4) is 11.1 Å². The van der Waals surface area contributed by atoms with Gasteiger partial charge >= 0.3 is 0 Å². The van der Waals surface area contributed by atoms with Crippen molar-refractivity contribution in [3.63, 3.8) is 0 Å². The molecule has 21 heavy (non-hydrogen) atoms. The van der Waals surface area contributed by atoms with E-state index in [4.69, 9.17) is 5.73 Å². The van der Waals surface area contributed by atoms with Gasteiger partial charge in [0.15, 0.2) is 0 Å². The van der Waals surface area contributed by atoms with E-state index in [9.17, 15) is 4.39 Å². The molecule has 2 aromatic rings. The molecule has 3 rings (SSSR count). The number of hydrogen-bond donors (Lipinski definition) is 2.